The van der Waals surface area contributed by atoms with Crippen molar-refractivity contribution in [3.8, 4) is 0 Å². The van der Waals surface area contributed by atoms with E-state index in [9.17, 15) is 4.79 Å². The maximum atomic E-state index is 12.4. The van der Waals surface area contributed by atoms with Gasteiger partial charge in [0.2, 0.25) is 0 Å². The Kier molecular flexibility index (Phi) is 3.25. The number of pyridine rings is 1. The highest BCUT2D eigenvalue weighted by atomic mass is 16.2. The van der Waals surface area contributed by atoms with E-state index in [2.05, 4.69) is 4.98 Å². The first-order chi connectivity index (χ1) is 9.75. The summed E-state index contributed by atoms with van der Waals surface area (Å²) in [6.45, 7) is 1.87. The summed E-state index contributed by atoms with van der Waals surface area (Å²) < 4.78 is 0. The van der Waals surface area contributed by atoms with E-state index < -0.39 is 0 Å². The molecule has 1 aliphatic rings. The second kappa shape index (κ2) is 5.21. The van der Waals surface area contributed by atoms with Crippen LogP contribution < -0.4 is 10.6 Å². The van der Waals surface area contributed by atoms with Crippen LogP contribution in [0.4, 0.5) is 16.2 Å². The van der Waals surface area contributed by atoms with Crippen LogP contribution in [0.15, 0.2) is 48.7 Å². The Balaban J connectivity index is 1.76. The van der Waals surface area contributed by atoms with E-state index in [0.29, 0.717) is 25.3 Å². The maximum absolute atomic E-state index is 12.4. The normalized spacial score (nSPS) is 14.9. The molecule has 0 spiro atoms. The highest BCUT2D eigenvalue weighted by Crippen LogP contribution is 2.26. The first kappa shape index (κ1) is 12.5. The van der Waals surface area contributed by atoms with Gasteiger partial charge in [0.05, 0.1) is 23.6 Å². The molecule has 0 unspecified atom stereocenters. The highest BCUT2D eigenvalue weighted by Gasteiger charge is 2.30. The minimum Gasteiger partial charge on any atom is -0.397 e. The Bertz CT molecular complexity index is 614. The number of benzene rings is 1. The number of rotatable bonds is 3. The van der Waals surface area contributed by atoms with Crippen molar-refractivity contribution in [1.29, 1.82) is 0 Å². The van der Waals surface area contributed by atoms with Gasteiger partial charge in [-0.2, -0.15) is 0 Å². The summed E-state index contributed by atoms with van der Waals surface area (Å²) in [7, 11) is 0. The van der Waals surface area contributed by atoms with Gasteiger partial charge in [-0.15, -0.1) is 0 Å². The quantitative estimate of drug-likeness (QED) is 0.867. The Labute approximate surface area is 117 Å². The van der Waals surface area contributed by atoms with E-state index >= 15 is 0 Å². The number of amides is 2. The number of urea groups is 1. The minimum absolute atomic E-state index is 0.0199. The van der Waals surface area contributed by atoms with Gasteiger partial charge in [-0.25, -0.2) is 4.79 Å². The first-order valence-corrected chi connectivity index (χ1v) is 6.56. The third-order valence-corrected chi connectivity index (χ3v) is 3.40. The number of hydrogen-bond acceptors (Lipinski definition) is 3. The Morgan fingerprint density at radius 3 is 2.65 bits per heavy atom. The van der Waals surface area contributed by atoms with Crippen LogP contribution in [0.2, 0.25) is 0 Å². The van der Waals surface area contributed by atoms with Gasteiger partial charge >= 0.3 is 6.03 Å². The van der Waals surface area contributed by atoms with Crippen molar-refractivity contribution < 1.29 is 4.79 Å². The molecule has 1 aromatic carbocycles. The van der Waals surface area contributed by atoms with Gasteiger partial charge in [0.1, 0.15) is 0 Å². The van der Waals surface area contributed by atoms with E-state index in [1.165, 1.54) is 0 Å². The van der Waals surface area contributed by atoms with E-state index in [1.54, 1.807) is 16.0 Å². The van der Waals surface area contributed by atoms with Crippen LogP contribution in [0.3, 0.4) is 0 Å². The second-order valence-electron chi connectivity index (χ2n) is 4.74. The van der Waals surface area contributed by atoms with Crippen molar-refractivity contribution in [3.63, 3.8) is 0 Å². The molecule has 3 rings (SSSR count). The van der Waals surface area contributed by atoms with Gasteiger partial charge in [0, 0.05) is 19.3 Å². The first-order valence-electron chi connectivity index (χ1n) is 6.56. The molecule has 1 saturated heterocycles. The molecule has 0 saturated carbocycles. The highest BCUT2D eigenvalue weighted by molar-refractivity contribution is 5.96. The molecule has 1 aromatic heterocycles. The van der Waals surface area contributed by atoms with E-state index in [-0.39, 0.29) is 6.03 Å². The van der Waals surface area contributed by atoms with Crippen molar-refractivity contribution >= 4 is 17.4 Å². The Morgan fingerprint density at radius 2 is 1.90 bits per heavy atom. The Morgan fingerprint density at radius 1 is 1.10 bits per heavy atom. The van der Waals surface area contributed by atoms with Crippen LogP contribution in [-0.4, -0.2) is 29.0 Å². The molecular formula is C15H16N4O. The standard InChI is InChI=1S/C15H16N4O/c16-13-6-1-2-7-14(13)19-10-9-18(15(19)20)11-12-5-3-4-8-17-12/h1-8H,9-11,16H2. The van der Waals surface area contributed by atoms with Crippen LogP contribution >= 0.6 is 0 Å². The molecule has 2 N–H and O–H groups in total. The zero-order valence-electron chi connectivity index (χ0n) is 11.1. The zero-order chi connectivity index (χ0) is 13.9. The van der Waals surface area contributed by atoms with Gasteiger partial charge in [0.15, 0.2) is 0 Å². The molecule has 0 radical (unpaired) electrons. The van der Waals surface area contributed by atoms with Crippen molar-refractivity contribution in [2.75, 3.05) is 23.7 Å². The summed E-state index contributed by atoms with van der Waals surface area (Å²) in [6, 6.07) is 13.1. The summed E-state index contributed by atoms with van der Waals surface area (Å²) in [5.41, 5.74) is 8.23. The number of nitrogens with two attached hydrogens (primary N) is 1. The molecule has 2 heterocycles. The van der Waals surface area contributed by atoms with Crippen LogP contribution in [0.1, 0.15) is 5.69 Å². The molecular weight excluding hydrogens is 252 g/mol. The largest absolute Gasteiger partial charge is 0.397 e. The van der Waals surface area contributed by atoms with Crippen LogP contribution in [-0.2, 0) is 6.54 Å². The topological polar surface area (TPSA) is 62.5 Å². The number of para-hydroxylation sites is 2. The SMILES string of the molecule is Nc1ccccc1N1CCN(Cc2ccccn2)C1=O. The zero-order valence-corrected chi connectivity index (χ0v) is 11.1. The predicted octanol–water partition coefficient (Wildman–Crippen LogP) is 2.11. The molecule has 2 aromatic rings. The molecule has 20 heavy (non-hydrogen) atoms. The third-order valence-electron chi connectivity index (χ3n) is 3.40. The molecule has 0 aliphatic carbocycles. The molecule has 102 valence electrons. The van der Waals surface area contributed by atoms with E-state index in [0.717, 1.165) is 11.4 Å². The fourth-order valence-corrected chi connectivity index (χ4v) is 2.37. The summed E-state index contributed by atoms with van der Waals surface area (Å²) in [5, 5.41) is 0. The lowest BCUT2D eigenvalue weighted by Crippen LogP contribution is -2.32. The average Bonchev–Trinajstić information content (AvgIpc) is 2.82. The van der Waals surface area contributed by atoms with Crippen LogP contribution in [0.25, 0.3) is 0 Å². The van der Waals surface area contributed by atoms with Gasteiger partial charge in [-0.05, 0) is 24.3 Å². The van der Waals surface area contributed by atoms with E-state index in [1.807, 2.05) is 42.5 Å². The minimum atomic E-state index is -0.0199. The number of aromatic nitrogens is 1. The van der Waals surface area contributed by atoms with E-state index in [4.69, 9.17) is 5.73 Å². The maximum Gasteiger partial charge on any atom is 0.325 e. The van der Waals surface area contributed by atoms with Crippen molar-refractivity contribution in [2.24, 2.45) is 0 Å². The smallest absolute Gasteiger partial charge is 0.325 e. The predicted molar refractivity (Wildman–Crippen MR) is 78.2 cm³/mol. The van der Waals surface area contributed by atoms with Gasteiger partial charge < -0.3 is 10.6 Å². The molecule has 5 heteroatoms. The van der Waals surface area contributed by atoms with Crippen molar-refractivity contribution in [1.82, 2.24) is 9.88 Å². The molecule has 2 amide bonds. The number of carbonyl (C=O) groups excluding carboxylic acids is 1. The van der Waals surface area contributed by atoms with Gasteiger partial charge in [-0.1, -0.05) is 18.2 Å². The van der Waals surface area contributed by atoms with Crippen molar-refractivity contribution in [2.45, 2.75) is 6.54 Å². The lowest BCUT2D eigenvalue weighted by Gasteiger charge is -2.19. The number of nitrogen functional groups attached to an aromatic ring is 1. The Hall–Kier alpha value is -2.56. The average molecular weight is 268 g/mol. The molecule has 1 aliphatic heterocycles. The fourth-order valence-electron chi connectivity index (χ4n) is 2.37. The van der Waals surface area contributed by atoms with Crippen LogP contribution in [0.5, 0.6) is 0 Å². The number of anilines is 2. The number of nitrogens with zero attached hydrogens (tertiary/aromatic N) is 3. The van der Waals surface area contributed by atoms with Gasteiger partial charge in [0.25, 0.3) is 0 Å². The summed E-state index contributed by atoms with van der Waals surface area (Å²) in [4.78, 5) is 20.2. The van der Waals surface area contributed by atoms with Crippen molar-refractivity contribution in [3.05, 3.63) is 54.4 Å². The van der Waals surface area contributed by atoms with Crippen LogP contribution in [0, 0.1) is 0 Å². The summed E-state index contributed by atoms with van der Waals surface area (Å²) >= 11 is 0. The number of carbonyl (C=O) groups is 1. The molecule has 5 nitrogen and oxygen atoms in total. The third kappa shape index (κ3) is 2.30. The molecule has 1 fully saturated rings. The summed E-state index contributed by atoms with van der Waals surface area (Å²) in [6.07, 6.45) is 1.74. The fraction of sp³-hybridized carbons (Fsp3) is 0.200. The molecule has 0 atom stereocenters. The lowest BCUT2D eigenvalue weighted by molar-refractivity contribution is 0.218. The molecule has 0 bridgehead atoms. The lowest BCUT2D eigenvalue weighted by atomic mass is 10.2. The van der Waals surface area contributed by atoms with Gasteiger partial charge in [-0.3, -0.25) is 9.88 Å². The summed E-state index contributed by atoms with van der Waals surface area (Å²) in [5.74, 6) is 0. The monoisotopic (exact) mass is 268 g/mol. The number of hydrogen-bond donors (Lipinski definition) is 1. The second-order valence-corrected chi connectivity index (χ2v) is 4.74.